The van der Waals surface area contributed by atoms with Crippen LogP contribution in [0.4, 0.5) is 0 Å². The molecule has 6 heteroatoms. The average Bonchev–Trinajstić information content (AvgIpc) is 2.76. The van der Waals surface area contributed by atoms with Crippen molar-refractivity contribution in [1.29, 1.82) is 0 Å². The first kappa shape index (κ1) is 21.1. The van der Waals surface area contributed by atoms with Crippen LogP contribution in [0.25, 0.3) is 0 Å². The Hall–Kier alpha value is -2.57. The van der Waals surface area contributed by atoms with Crippen molar-refractivity contribution in [2.75, 3.05) is 60.0 Å². The number of nitrogens with zero attached hydrogens (tertiary/aromatic N) is 3. The maximum Gasteiger partial charge on any atom is 0.236 e. The number of para-hydroxylation sites is 1. The predicted molar refractivity (Wildman–Crippen MR) is 114 cm³/mol. The zero-order valence-corrected chi connectivity index (χ0v) is 17.4. The van der Waals surface area contributed by atoms with Gasteiger partial charge in [0.15, 0.2) is 0 Å². The number of hydrogen-bond acceptors (Lipinski definition) is 5. The molecular weight excluding hydrogens is 366 g/mol. The molecule has 1 fully saturated rings. The number of carbonyl (C=O) groups is 1. The Morgan fingerprint density at radius 2 is 1.66 bits per heavy atom. The van der Waals surface area contributed by atoms with Crippen molar-refractivity contribution in [3.63, 3.8) is 0 Å². The van der Waals surface area contributed by atoms with Gasteiger partial charge in [-0.15, -0.1) is 0 Å². The lowest BCUT2D eigenvalue weighted by Gasteiger charge is -2.34. The van der Waals surface area contributed by atoms with Crippen molar-refractivity contribution in [1.82, 2.24) is 14.7 Å². The fraction of sp³-hybridized carbons (Fsp3) is 0.435. The first-order valence-corrected chi connectivity index (χ1v) is 10.1. The summed E-state index contributed by atoms with van der Waals surface area (Å²) in [5, 5.41) is 0. The van der Waals surface area contributed by atoms with Crippen LogP contribution in [0.5, 0.6) is 11.5 Å². The first-order chi connectivity index (χ1) is 14.1. The lowest BCUT2D eigenvalue weighted by atomic mass is 10.2. The molecule has 3 rings (SSSR count). The van der Waals surface area contributed by atoms with Gasteiger partial charge in [-0.1, -0.05) is 30.3 Å². The second-order valence-electron chi connectivity index (χ2n) is 7.38. The molecule has 2 aromatic rings. The van der Waals surface area contributed by atoms with E-state index in [4.69, 9.17) is 9.47 Å². The summed E-state index contributed by atoms with van der Waals surface area (Å²) in [6, 6.07) is 17.8. The van der Waals surface area contributed by atoms with Gasteiger partial charge in [0.2, 0.25) is 5.91 Å². The lowest BCUT2D eigenvalue weighted by molar-refractivity contribution is -0.132. The highest BCUT2D eigenvalue weighted by atomic mass is 16.5. The molecule has 0 aliphatic carbocycles. The van der Waals surface area contributed by atoms with Gasteiger partial charge in [0.05, 0.1) is 13.7 Å². The van der Waals surface area contributed by atoms with Crippen molar-refractivity contribution in [2.24, 2.45) is 0 Å². The van der Waals surface area contributed by atoms with Gasteiger partial charge in [0.1, 0.15) is 18.1 Å². The van der Waals surface area contributed by atoms with Crippen LogP contribution >= 0.6 is 0 Å². The molecule has 1 heterocycles. The number of methoxy groups -OCH3 is 1. The predicted octanol–water partition coefficient (Wildman–Crippen LogP) is 2.35. The first-order valence-electron chi connectivity index (χ1n) is 10.1. The molecule has 156 valence electrons. The van der Waals surface area contributed by atoms with E-state index in [1.807, 2.05) is 61.6 Å². The zero-order chi connectivity index (χ0) is 20.5. The van der Waals surface area contributed by atoms with Crippen LogP contribution in [0.15, 0.2) is 54.6 Å². The zero-order valence-electron chi connectivity index (χ0n) is 17.4. The summed E-state index contributed by atoms with van der Waals surface area (Å²) in [5.41, 5.74) is 1.07. The van der Waals surface area contributed by atoms with Gasteiger partial charge in [0.25, 0.3) is 0 Å². The normalized spacial score (nSPS) is 15.1. The SMILES string of the molecule is COc1cccc(CN(C)C(=O)CN2CCN(CCOc3ccccc3)CC2)c1. The van der Waals surface area contributed by atoms with E-state index in [0.717, 1.165) is 49.8 Å². The standard InChI is InChI=1S/C23H31N3O3/c1-24(18-20-7-6-10-22(17-20)28-2)23(27)19-26-13-11-25(12-14-26)15-16-29-21-8-4-3-5-9-21/h3-10,17H,11-16,18-19H2,1-2H3. The fourth-order valence-corrected chi connectivity index (χ4v) is 3.43. The molecule has 0 atom stereocenters. The third-order valence-electron chi connectivity index (χ3n) is 5.22. The molecule has 0 spiro atoms. The molecule has 1 amide bonds. The molecule has 1 aliphatic rings. The smallest absolute Gasteiger partial charge is 0.236 e. The van der Waals surface area contributed by atoms with Gasteiger partial charge >= 0.3 is 0 Å². The molecule has 6 nitrogen and oxygen atoms in total. The van der Waals surface area contributed by atoms with E-state index in [1.54, 1.807) is 12.0 Å². The number of likely N-dealkylation sites (N-methyl/N-ethyl adjacent to an activating group) is 1. The second kappa shape index (κ2) is 10.8. The van der Waals surface area contributed by atoms with E-state index >= 15 is 0 Å². The van der Waals surface area contributed by atoms with E-state index in [9.17, 15) is 4.79 Å². The molecule has 1 aliphatic heterocycles. The molecule has 0 bridgehead atoms. The van der Waals surface area contributed by atoms with Crippen LogP contribution in [0, 0.1) is 0 Å². The van der Waals surface area contributed by atoms with Crippen LogP contribution < -0.4 is 9.47 Å². The van der Waals surface area contributed by atoms with Crippen molar-refractivity contribution in [3.8, 4) is 11.5 Å². The summed E-state index contributed by atoms with van der Waals surface area (Å²) in [6.45, 7) is 6.39. The second-order valence-corrected chi connectivity index (χ2v) is 7.38. The molecule has 0 radical (unpaired) electrons. The summed E-state index contributed by atoms with van der Waals surface area (Å²) in [6.07, 6.45) is 0. The van der Waals surface area contributed by atoms with Gasteiger partial charge in [0, 0.05) is 46.3 Å². The summed E-state index contributed by atoms with van der Waals surface area (Å²) in [4.78, 5) is 19.0. The number of benzene rings is 2. The van der Waals surface area contributed by atoms with Crippen LogP contribution in [-0.2, 0) is 11.3 Å². The number of ether oxygens (including phenoxy) is 2. The van der Waals surface area contributed by atoms with Gasteiger partial charge in [-0.05, 0) is 29.8 Å². The van der Waals surface area contributed by atoms with Crippen molar-refractivity contribution < 1.29 is 14.3 Å². The Morgan fingerprint density at radius 3 is 2.38 bits per heavy atom. The van der Waals surface area contributed by atoms with Crippen molar-refractivity contribution in [3.05, 3.63) is 60.2 Å². The van der Waals surface area contributed by atoms with Gasteiger partial charge in [-0.2, -0.15) is 0 Å². The number of hydrogen-bond donors (Lipinski definition) is 0. The highest BCUT2D eigenvalue weighted by molar-refractivity contribution is 5.78. The molecule has 2 aromatic carbocycles. The van der Waals surface area contributed by atoms with E-state index < -0.39 is 0 Å². The summed E-state index contributed by atoms with van der Waals surface area (Å²) in [5.74, 6) is 1.88. The average molecular weight is 398 g/mol. The summed E-state index contributed by atoms with van der Waals surface area (Å²) in [7, 11) is 3.51. The minimum Gasteiger partial charge on any atom is -0.497 e. The van der Waals surface area contributed by atoms with Crippen molar-refractivity contribution >= 4 is 5.91 Å². The Bertz CT molecular complexity index is 761. The number of rotatable bonds is 9. The largest absolute Gasteiger partial charge is 0.497 e. The minimum atomic E-state index is 0.147. The van der Waals surface area contributed by atoms with E-state index in [1.165, 1.54) is 0 Å². The van der Waals surface area contributed by atoms with E-state index in [-0.39, 0.29) is 5.91 Å². The molecule has 0 N–H and O–H groups in total. The Balaban J connectivity index is 1.35. The van der Waals surface area contributed by atoms with Crippen molar-refractivity contribution in [2.45, 2.75) is 6.54 Å². The lowest BCUT2D eigenvalue weighted by Crippen LogP contribution is -2.50. The van der Waals surface area contributed by atoms with E-state index in [0.29, 0.717) is 19.7 Å². The molecule has 0 aromatic heterocycles. The van der Waals surface area contributed by atoms with Crippen LogP contribution in [0.1, 0.15) is 5.56 Å². The maximum atomic E-state index is 12.6. The minimum absolute atomic E-state index is 0.147. The topological polar surface area (TPSA) is 45.2 Å². The third kappa shape index (κ3) is 6.76. The van der Waals surface area contributed by atoms with Gasteiger partial charge < -0.3 is 14.4 Å². The molecule has 0 unspecified atom stereocenters. The van der Waals surface area contributed by atoms with Gasteiger partial charge in [-0.3, -0.25) is 14.6 Å². The summed E-state index contributed by atoms with van der Waals surface area (Å²) < 4.78 is 11.0. The highest BCUT2D eigenvalue weighted by Crippen LogP contribution is 2.14. The number of carbonyl (C=O) groups excluding carboxylic acids is 1. The fourth-order valence-electron chi connectivity index (χ4n) is 3.43. The molecule has 29 heavy (non-hydrogen) atoms. The Labute approximate surface area is 173 Å². The Kier molecular flexibility index (Phi) is 7.90. The molecule has 1 saturated heterocycles. The van der Waals surface area contributed by atoms with Gasteiger partial charge in [-0.25, -0.2) is 0 Å². The third-order valence-corrected chi connectivity index (χ3v) is 5.22. The van der Waals surface area contributed by atoms with Crippen LogP contribution in [0.2, 0.25) is 0 Å². The maximum absolute atomic E-state index is 12.6. The Morgan fingerprint density at radius 1 is 0.966 bits per heavy atom. The van der Waals surface area contributed by atoms with E-state index in [2.05, 4.69) is 9.80 Å². The molecular formula is C23H31N3O3. The monoisotopic (exact) mass is 397 g/mol. The number of piperazine rings is 1. The summed E-state index contributed by atoms with van der Waals surface area (Å²) >= 11 is 0. The number of amides is 1. The quantitative estimate of drug-likeness (QED) is 0.650. The van der Waals surface area contributed by atoms with Crippen LogP contribution in [0.3, 0.4) is 0 Å². The van der Waals surface area contributed by atoms with Crippen LogP contribution in [-0.4, -0.2) is 80.6 Å². The highest BCUT2D eigenvalue weighted by Gasteiger charge is 2.20. The molecule has 0 saturated carbocycles.